The molecule has 0 heterocycles. The summed E-state index contributed by atoms with van der Waals surface area (Å²) in [7, 11) is 0. The third-order valence-electron chi connectivity index (χ3n) is 3.63. The lowest BCUT2D eigenvalue weighted by Gasteiger charge is -2.20. The molecule has 0 aliphatic carbocycles. The predicted molar refractivity (Wildman–Crippen MR) is 105 cm³/mol. The van der Waals surface area contributed by atoms with Crippen LogP contribution in [0.3, 0.4) is 0 Å². The molecule has 25 heavy (non-hydrogen) atoms. The van der Waals surface area contributed by atoms with Crippen molar-refractivity contribution in [2.45, 2.75) is 84.9 Å². The Morgan fingerprint density at radius 2 is 1.48 bits per heavy atom. The molecule has 142 valence electrons. The van der Waals surface area contributed by atoms with E-state index < -0.39 is 0 Å². The SMILES string of the molecule is CC(C)OC(/C=C\CCCCCCOCc1ccccc1)OC(C)C. The maximum atomic E-state index is 5.74. The van der Waals surface area contributed by atoms with Crippen LogP contribution in [0, 0.1) is 0 Å². The third kappa shape index (κ3) is 12.8. The molecule has 0 atom stereocenters. The van der Waals surface area contributed by atoms with Gasteiger partial charge in [-0.25, -0.2) is 0 Å². The van der Waals surface area contributed by atoms with Crippen LogP contribution in [0.4, 0.5) is 0 Å². The molecule has 0 N–H and O–H groups in total. The van der Waals surface area contributed by atoms with Gasteiger partial charge in [-0.1, -0.05) is 49.2 Å². The molecule has 0 amide bonds. The van der Waals surface area contributed by atoms with Gasteiger partial charge < -0.3 is 14.2 Å². The lowest BCUT2D eigenvalue weighted by Crippen LogP contribution is -2.22. The van der Waals surface area contributed by atoms with Gasteiger partial charge in [-0.2, -0.15) is 0 Å². The maximum Gasteiger partial charge on any atom is 0.177 e. The number of unbranched alkanes of at least 4 members (excludes halogenated alkanes) is 4. The highest BCUT2D eigenvalue weighted by Gasteiger charge is 2.09. The van der Waals surface area contributed by atoms with Crippen molar-refractivity contribution in [3.8, 4) is 0 Å². The average molecular weight is 349 g/mol. The second-order valence-corrected chi connectivity index (χ2v) is 6.91. The van der Waals surface area contributed by atoms with E-state index >= 15 is 0 Å². The van der Waals surface area contributed by atoms with Gasteiger partial charge in [0, 0.05) is 6.61 Å². The van der Waals surface area contributed by atoms with Crippen LogP contribution in [0.25, 0.3) is 0 Å². The molecule has 0 unspecified atom stereocenters. The smallest absolute Gasteiger partial charge is 0.177 e. The number of ether oxygens (including phenoxy) is 3. The molecular weight excluding hydrogens is 312 g/mol. The minimum Gasteiger partial charge on any atom is -0.377 e. The first kappa shape index (κ1) is 21.9. The van der Waals surface area contributed by atoms with Crippen molar-refractivity contribution in [2.24, 2.45) is 0 Å². The molecule has 1 aromatic rings. The summed E-state index contributed by atoms with van der Waals surface area (Å²) in [5, 5.41) is 0. The van der Waals surface area contributed by atoms with E-state index in [1.54, 1.807) is 0 Å². The third-order valence-corrected chi connectivity index (χ3v) is 3.63. The summed E-state index contributed by atoms with van der Waals surface area (Å²) in [6, 6.07) is 10.3. The second kappa shape index (κ2) is 14.1. The predicted octanol–water partition coefficient (Wildman–Crippen LogP) is 5.89. The number of hydrogen-bond donors (Lipinski definition) is 0. The van der Waals surface area contributed by atoms with Crippen molar-refractivity contribution in [3.05, 3.63) is 48.0 Å². The van der Waals surface area contributed by atoms with E-state index in [4.69, 9.17) is 14.2 Å². The van der Waals surface area contributed by atoms with Crippen LogP contribution in [-0.2, 0) is 20.8 Å². The van der Waals surface area contributed by atoms with Crippen LogP contribution in [0.15, 0.2) is 42.5 Å². The Labute approximate surface area is 154 Å². The van der Waals surface area contributed by atoms with Crippen LogP contribution < -0.4 is 0 Å². The molecule has 0 bridgehead atoms. The molecule has 0 fully saturated rings. The van der Waals surface area contributed by atoms with Gasteiger partial charge in [0.15, 0.2) is 6.29 Å². The first-order valence-electron chi connectivity index (χ1n) is 9.67. The number of benzene rings is 1. The monoisotopic (exact) mass is 348 g/mol. The summed E-state index contributed by atoms with van der Waals surface area (Å²) < 4.78 is 17.2. The zero-order chi connectivity index (χ0) is 18.3. The fourth-order valence-electron chi connectivity index (χ4n) is 2.45. The van der Waals surface area contributed by atoms with Crippen LogP contribution in [0.2, 0.25) is 0 Å². The van der Waals surface area contributed by atoms with Gasteiger partial charge >= 0.3 is 0 Å². The van der Waals surface area contributed by atoms with Gasteiger partial charge in [0.1, 0.15) is 0 Å². The van der Waals surface area contributed by atoms with E-state index in [0.717, 1.165) is 26.1 Å². The van der Waals surface area contributed by atoms with Gasteiger partial charge in [0.05, 0.1) is 18.8 Å². The standard InChI is InChI=1S/C22H36O3/c1-19(2)24-22(25-20(3)4)16-12-7-5-6-8-13-17-23-18-21-14-10-9-11-15-21/h9-12,14-16,19-20,22H,5-8,13,17-18H2,1-4H3/b16-12-. The molecule has 0 aliphatic rings. The summed E-state index contributed by atoms with van der Waals surface area (Å²) in [5.74, 6) is 0. The van der Waals surface area contributed by atoms with Crippen molar-refractivity contribution in [1.29, 1.82) is 0 Å². The van der Waals surface area contributed by atoms with Gasteiger partial charge in [-0.05, 0) is 58.6 Å². The Morgan fingerprint density at radius 3 is 2.12 bits per heavy atom. The normalized spacial score (nSPS) is 12.1. The number of allylic oxidation sites excluding steroid dienone is 1. The van der Waals surface area contributed by atoms with E-state index in [0.29, 0.717) is 0 Å². The molecule has 0 saturated heterocycles. The summed E-state index contributed by atoms with van der Waals surface area (Å²) in [6.07, 6.45) is 10.2. The summed E-state index contributed by atoms with van der Waals surface area (Å²) in [5.41, 5.74) is 1.24. The van der Waals surface area contributed by atoms with E-state index in [1.165, 1.54) is 24.8 Å². The van der Waals surface area contributed by atoms with E-state index in [-0.39, 0.29) is 18.5 Å². The van der Waals surface area contributed by atoms with Crippen LogP contribution in [0.1, 0.15) is 65.4 Å². The minimum atomic E-state index is -0.230. The fraction of sp³-hybridized carbons (Fsp3) is 0.636. The molecule has 3 nitrogen and oxygen atoms in total. The van der Waals surface area contributed by atoms with Gasteiger partial charge in [-0.15, -0.1) is 0 Å². The second-order valence-electron chi connectivity index (χ2n) is 6.91. The molecule has 0 spiro atoms. The van der Waals surface area contributed by atoms with Gasteiger partial charge in [-0.3, -0.25) is 0 Å². The molecule has 1 rings (SSSR count). The molecular formula is C22H36O3. The number of rotatable bonds is 14. The zero-order valence-corrected chi connectivity index (χ0v) is 16.4. The van der Waals surface area contributed by atoms with Crippen molar-refractivity contribution >= 4 is 0 Å². The Morgan fingerprint density at radius 1 is 0.840 bits per heavy atom. The Kier molecular flexibility index (Phi) is 12.3. The van der Waals surface area contributed by atoms with Crippen molar-refractivity contribution in [2.75, 3.05) is 6.61 Å². The Hall–Kier alpha value is -1.16. The largest absolute Gasteiger partial charge is 0.377 e. The van der Waals surface area contributed by atoms with Crippen molar-refractivity contribution in [1.82, 2.24) is 0 Å². The topological polar surface area (TPSA) is 27.7 Å². The first-order chi connectivity index (χ1) is 12.1. The highest BCUT2D eigenvalue weighted by molar-refractivity contribution is 5.13. The van der Waals surface area contributed by atoms with Crippen LogP contribution in [-0.4, -0.2) is 25.1 Å². The molecule has 1 aromatic carbocycles. The molecule has 0 aromatic heterocycles. The molecule has 0 aliphatic heterocycles. The van der Waals surface area contributed by atoms with Crippen LogP contribution >= 0.6 is 0 Å². The Balaban J connectivity index is 2.01. The van der Waals surface area contributed by atoms with Gasteiger partial charge in [0.25, 0.3) is 0 Å². The average Bonchev–Trinajstić information content (AvgIpc) is 2.56. The summed E-state index contributed by atoms with van der Waals surface area (Å²) in [6.45, 7) is 9.69. The highest BCUT2D eigenvalue weighted by atomic mass is 16.7. The molecule has 0 radical (unpaired) electrons. The minimum absolute atomic E-state index is 0.171. The van der Waals surface area contributed by atoms with Crippen molar-refractivity contribution < 1.29 is 14.2 Å². The van der Waals surface area contributed by atoms with E-state index in [9.17, 15) is 0 Å². The maximum absolute atomic E-state index is 5.74. The quantitative estimate of drug-likeness (QED) is 0.238. The first-order valence-corrected chi connectivity index (χ1v) is 9.67. The van der Waals surface area contributed by atoms with E-state index in [1.807, 2.05) is 39.8 Å². The highest BCUT2D eigenvalue weighted by Crippen LogP contribution is 2.09. The zero-order valence-electron chi connectivity index (χ0n) is 16.4. The van der Waals surface area contributed by atoms with Gasteiger partial charge in [0.2, 0.25) is 0 Å². The lowest BCUT2D eigenvalue weighted by molar-refractivity contribution is -0.152. The molecule has 0 saturated carbocycles. The Bertz CT molecular complexity index is 430. The fourth-order valence-corrected chi connectivity index (χ4v) is 2.45. The van der Waals surface area contributed by atoms with Crippen LogP contribution in [0.5, 0.6) is 0 Å². The molecule has 3 heteroatoms. The van der Waals surface area contributed by atoms with E-state index in [2.05, 4.69) is 30.3 Å². The summed E-state index contributed by atoms with van der Waals surface area (Å²) >= 11 is 0. The lowest BCUT2D eigenvalue weighted by atomic mass is 10.1. The van der Waals surface area contributed by atoms with Crippen molar-refractivity contribution in [3.63, 3.8) is 0 Å². The summed E-state index contributed by atoms with van der Waals surface area (Å²) in [4.78, 5) is 0. The number of hydrogen-bond acceptors (Lipinski definition) is 3.